The Morgan fingerprint density at radius 3 is 2.41 bits per heavy atom. The first-order valence-corrected chi connectivity index (χ1v) is 8.83. The molecule has 0 unspecified atom stereocenters. The van der Waals surface area contributed by atoms with Gasteiger partial charge in [0.25, 0.3) is 0 Å². The molecule has 2 fully saturated rings. The lowest BCUT2D eigenvalue weighted by molar-refractivity contribution is 0.0522. The normalized spacial score (nSPS) is 20.2. The lowest BCUT2D eigenvalue weighted by Gasteiger charge is -2.23. The van der Waals surface area contributed by atoms with E-state index in [1.54, 1.807) is 6.20 Å². The van der Waals surface area contributed by atoms with Gasteiger partial charge in [0, 0.05) is 18.0 Å². The summed E-state index contributed by atoms with van der Waals surface area (Å²) in [6, 6.07) is 0. The minimum absolute atomic E-state index is 0.263. The molecule has 4 nitrogen and oxygen atoms in total. The molecule has 2 aliphatic rings. The van der Waals surface area contributed by atoms with Crippen molar-refractivity contribution < 1.29 is 9.53 Å². The third kappa shape index (κ3) is 3.31. The van der Waals surface area contributed by atoms with Crippen molar-refractivity contribution in [1.29, 1.82) is 0 Å². The highest BCUT2D eigenvalue weighted by Gasteiger charge is 2.27. The van der Waals surface area contributed by atoms with E-state index < -0.39 is 0 Å². The Kier molecular flexibility index (Phi) is 5.06. The van der Waals surface area contributed by atoms with Crippen molar-refractivity contribution in [2.75, 3.05) is 6.61 Å². The second-order valence-electron chi connectivity index (χ2n) is 6.56. The molecule has 2 saturated carbocycles. The molecule has 0 bridgehead atoms. The molecule has 0 aliphatic heterocycles. The van der Waals surface area contributed by atoms with Crippen molar-refractivity contribution >= 4 is 5.97 Å². The quantitative estimate of drug-likeness (QED) is 0.775. The molecule has 120 valence electrons. The van der Waals surface area contributed by atoms with Crippen molar-refractivity contribution in [3.05, 3.63) is 23.3 Å². The van der Waals surface area contributed by atoms with Gasteiger partial charge in [0.1, 0.15) is 5.82 Å². The van der Waals surface area contributed by atoms with Crippen LogP contribution in [0.25, 0.3) is 0 Å². The molecule has 2 aliphatic carbocycles. The van der Waals surface area contributed by atoms with Crippen molar-refractivity contribution in [2.45, 2.75) is 76.5 Å². The first-order chi connectivity index (χ1) is 10.8. The molecule has 0 spiro atoms. The van der Waals surface area contributed by atoms with E-state index >= 15 is 0 Å². The SMILES string of the molecule is CCOC(=O)c1cnc(C2CCCC2)nc1C1CCCCC1. The maximum absolute atomic E-state index is 12.2. The summed E-state index contributed by atoms with van der Waals surface area (Å²) in [5.74, 6) is 1.57. The van der Waals surface area contributed by atoms with Crippen LogP contribution >= 0.6 is 0 Å². The van der Waals surface area contributed by atoms with Crippen LogP contribution < -0.4 is 0 Å². The Morgan fingerprint density at radius 2 is 1.73 bits per heavy atom. The van der Waals surface area contributed by atoms with Gasteiger partial charge in [-0.3, -0.25) is 0 Å². The van der Waals surface area contributed by atoms with Gasteiger partial charge >= 0.3 is 5.97 Å². The number of nitrogens with zero attached hydrogens (tertiary/aromatic N) is 2. The van der Waals surface area contributed by atoms with E-state index in [0.29, 0.717) is 24.0 Å². The van der Waals surface area contributed by atoms with Crippen LogP contribution in [0.15, 0.2) is 6.20 Å². The summed E-state index contributed by atoms with van der Waals surface area (Å²) in [6.45, 7) is 2.24. The average Bonchev–Trinajstić information content (AvgIpc) is 3.10. The van der Waals surface area contributed by atoms with Crippen LogP contribution in [0.5, 0.6) is 0 Å². The van der Waals surface area contributed by atoms with Gasteiger partial charge in [-0.15, -0.1) is 0 Å². The van der Waals surface area contributed by atoms with Gasteiger partial charge < -0.3 is 4.74 Å². The highest BCUT2D eigenvalue weighted by atomic mass is 16.5. The predicted molar refractivity (Wildman–Crippen MR) is 85.0 cm³/mol. The van der Waals surface area contributed by atoms with Crippen LogP contribution in [0.3, 0.4) is 0 Å². The van der Waals surface area contributed by atoms with E-state index in [4.69, 9.17) is 9.72 Å². The van der Waals surface area contributed by atoms with Crippen LogP contribution in [0.1, 0.15) is 98.4 Å². The zero-order chi connectivity index (χ0) is 15.4. The number of hydrogen-bond acceptors (Lipinski definition) is 4. The molecule has 1 aromatic rings. The van der Waals surface area contributed by atoms with E-state index in [-0.39, 0.29) is 5.97 Å². The van der Waals surface area contributed by atoms with Crippen molar-refractivity contribution in [1.82, 2.24) is 9.97 Å². The van der Waals surface area contributed by atoms with Crippen LogP contribution in [0, 0.1) is 0 Å². The predicted octanol–water partition coefficient (Wildman–Crippen LogP) is 4.36. The van der Waals surface area contributed by atoms with Gasteiger partial charge in [0.2, 0.25) is 0 Å². The van der Waals surface area contributed by atoms with Gasteiger partial charge in [0.05, 0.1) is 17.9 Å². The third-order valence-corrected chi connectivity index (χ3v) is 5.04. The summed E-state index contributed by atoms with van der Waals surface area (Å²) in [5, 5.41) is 0. The van der Waals surface area contributed by atoms with E-state index in [0.717, 1.165) is 24.4 Å². The number of ether oxygens (including phenoxy) is 1. The van der Waals surface area contributed by atoms with Crippen molar-refractivity contribution in [3.63, 3.8) is 0 Å². The van der Waals surface area contributed by atoms with E-state index in [9.17, 15) is 4.79 Å². The van der Waals surface area contributed by atoms with Crippen LogP contribution in [-0.4, -0.2) is 22.5 Å². The summed E-state index contributed by atoms with van der Waals surface area (Å²) in [4.78, 5) is 21.6. The summed E-state index contributed by atoms with van der Waals surface area (Å²) in [6.07, 6.45) is 12.7. The molecule has 4 heteroatoms. The number of aromatic nitrogens is 2. The highest BCUT2D eigenvalue weighted by Crippen LogP contribution is 2.36. The zero-order valence-corrected chi connectivity index (χ0v) is 13.5. The highest BCUT2D eigenvalue weighted by molar-refractivity contribution is 5.90. The van der Waals surface area contributed by atoms with Crippen LogP contribution in [0.4, 0.5) is 0 Å². The standard InChI is InChI=1S/C18H26N2O2/c1-2-22-18(21)15-12-19-17(14-10-6-7-11-14)20-16(15)13-8-4-3-5-9-13/h12-14H,2-11H2,1H3. The Labute approximate surface area is 132 Å². The minimum atomic E-state index is -0.263. The largest absolute Gasteiger partial charge is 0.462 e. The van der Waals surface area contributed by atoms with Gasteiger partial charge in [-0.1, -0.05) is 32.1 Å². The Hall–Kier alpha value is -1.45. The molecule has 1 heterocycles. The van der Waals surface area contributed by atoms with E-state index in [2.05, 4.69) is 4.98 Å². The summed E-state index contributed by atoms with van der Waals surface area (Å²) in [7, 11) is 0. The molecule has 0 saturated heterocycles. The van der Waals surface area contributed by atoms with Crippen LogP contribution in [0.2, 0.25) is 0 Å². The maximum Gasteiger partial charge on any atom is 0.341 e. The lowest BCUT2D eigenvalue weighted by Crippen LogP contribution is -2.17. The van der Waals surface area contributed by atoms with Gasteiger partial charge in [0.15, 0.2) is 0 Å². The summed E-state index contributed by atoms with van der Waals surface area (Å²) >= 11 is 0. The first kappa shape index (κ1) is 15.4. The van der Waals surface area contributed by atoms with Crippen molar-refractivity contribution in [2.24, 2.45) is 0 Å². The Morgan fingerprint density at radius 1 is 1.09 bits per heavy atom. The minimum Gasteiger partial charge on any atom is -0.462 e. The third-order valence-electron chi connectivity index (χ3n) is 5.04. The fourth-order valence-electron chi connectivity index (χ4n) is 3.84. The number of esters is 1. The molecule has 3 rings (SSSR count). The first-order valence-electron chi connectivity index (χ1n) is 8.83. The fourth-order valence-corrected chi connectivity index (χ4v) is 3.84. The summed E-state index contributed by atoms with van der Waals surface area (Å²) in [5.41, 5.74) is 1.55. The van der Waals surface area contributed by atoms with Crippen molar-refractivity contribution in [3.8, 4) is 0 Å². The summed E-state index contributed by atoms with van der Waals surface area (Å²) < 4.78 is 5.21. The number of carbonyl (C=O) groups excluding carboxylic acids is 1. The zero-order valence-electron chi connectivity index (χ0n) is 13.5. The van der Waals surface area contributed by atoms with E-state index in [1.165, 1.54) is 44.9 Å². The smallest absolute Gasteiger partial charge is 0.341 e. The van der Waals surface area contributed by atoms with E-state index in [1.807, 2.05) is 6.92 Å². The number of hydrogen-bond donors (Lipinski definition) is 0. The maximum atomic E-state index is 12.2. The van der Waals surface area contributed by atoms with Gasteiger partial charge in [-0.05, 0) is 32.6 Å². The second kappa shape index (κ2) is 7.21. The average molecular weight is 302 g/mol. The number of carbonyl (C=O) groups is 1. The second-order valence-corrected chi connectivity index (χ2v) is 6.56. The molecule has 22 heavy (non-hydrogen) atoms. The Balaban J connectivity index is 1.92. The topological polar surface area (TPSA) is 52.1 Å². The Bertz CT molecular complexity index is 518. The van der Waals surface area contributed by atoms with Gasteiger partial charge in [-0.25, -0.2) is 14.8 Å². The molecule has 0 radical (unpaired) electrons. The lowest BCUT2D eigenvalue weighted by atomic mass is 9.85. The molecule has 0 aromatic carbocycles. The van der Waals surface area contributed by atoms with Gasteiger partial charge in [-0.2, -0.15) is 0 Å². The molecular formula is C18H26N2O2. The molecule has 0 amide bonds. The fraction of sp³-hybridized carbons (Fsp3) is 0.722. The molecule has 1 aromatic heterocycles. The monoisotopic (exact) mass is 302 g/mol. The molecule has 0 N–H and O–H groups in total. The molecule has 0 atom stereocenters. The molecular weight excluding hydrogens is 276 g/mol. The van der Waals surface area contributed by atoms with Crippen LogP contribution in [-0.2, 0) is 4.74 Å². The number of rotatable bonds is 4.